The van der Waals surface area contributed by atoms with Gasteiger partial charge in [0.05, 0.1) is 33.0 Å². The molecule has 1 aliphatic carbocycles. The molecule has 300 valence electrons. The number of carbonyl (C=O) groups is 2. The summed E-state index contributed by atoms with van der Waals surface area (Å²) >= 11 is 0. The van der Waals surface area contributed by atoms with Crippen LogP contribution in [0, 0.1) is 11.3 Å². The summed E-state index contributed by atoms with van der Waals surface area (Å²) in [5, 5.41) is 38.3. The lowest BCUT2D eigenvalue weighted by molar-refractivity contribution is -0.218. The van der Waals surface area contributed by atoms with Crippen molar-refractivity contribution in [2.45, 2.75) is 92.6 Å². The van der Waals surface area contributed by atoms with Crippen LogP contribution in [0.5, 0.6) is 5.75 Å². The number of nitrogens with one attached hydrogen (secondary N) is 1. The Bertz CT molecular complexity index is 2140. The Kier molecular flexibility index (Phi) is 8.59. The average molecular weight is 769 g/mol. The first-order valence-corrected chi connectivity index (χ1v) is 20.3. The number of para-hydroxylation sites is 1. The number of anilines is 1. The second kappa shape index (κ2) is 12.8. The number of aliphatic hydroxyl groups is 3. The molecule has 1 aromatic heterocycles. The number of carbonyl (C=O) groups excluding carboxylic acids is 2. The number of piperidine rings is 1. The second-order valence-corrected chi connectivity index (χ2v) is 17.6. The lowest BCUT2D eigenvalue weighted by atomic mass is 9.47. The summed E-state index contributed by atoms with van der Waals surface area (Å²) in [5.41, 5.74) is -1.43. The number of fused-ring (bicyclic) bond motifs is 6. The van der Waals surface area contributed by atoms with Crippen molar-refractivity contribution in [1.82, 2.24) is 14.8 Å². The lowest BCUT2D eigenvalue weighted by Gasteiger charge is -2.63. The Morgan fingerprint density at radius 2 is 1.73 bits per heavy atom. The van der Waals surface area contributed by atoms with Crippen molar-refractivity contribution in [3.8, 4) is 5.75 Å². The van der Waals surface area contributed by atoms with E-state index in [1.807, 2.05) is 62.2 Å². The predicted octanol–water partition coefficient (Wildman–Crippen LogP) is 3.42. The quantitative estimate of drug-likeness (QED) is 0.216. The predicted molar refractivity (Wildman–Crippen MR) is 211 cm³/mol. The van der Waals surface area contributed by atoms with E-state index in [1.165, 1.54) is 14.2 Å². The SMILES string of the molecule is CC[C@]1(O)C[C@@H]2CN(CCc3c([nH]c4ccccc34)[C@@](C(=O)OC)(c3cc4c(cc3OC)N(C)[C@@H]3[C@](O)(C(=O)OC)[C@@H](O)[C@@]5(CC)C=CCN6CC[C@@]43[C@H]65)C2)C1. The summed E-state index contributed by atoms with van der Waals surface area (Å²) in [6, 6.07) is 11.1. The minimum atomic E-state index is -2.29. The Balaban J connectivity index is 1.36. The number of likely N-dealkylation sites (N-methyl/N-ethyl adjacent to an activating group) is 1. The minimum absolute atomic E-state index is 0.0795. The van der Waals surface area contributed by atoms with Crippen LogP contribution in [0.2, 0.25) is 0 Å². The topological polar surface area (TPSA) is 148 Å². The van der Waals surface area contributed by atoms with Crippen molar-refractivity contribution < 1.29 is 39.1 Å². The van der Waals surface area contributed by atoms with Gasteiger partial charge in [-0.15, -0.1) is 0 Å². The number of esters is 2. The number of hydrogen-bond donors (Lipinski definition) is 4. The van der Waals surface area contributed by atoms with Crippen LogP contribution in [0.15, 0.2) is 48.6 Å². The van der Waals surface area contributed by atoms with E-state index in [-0.39, 0.29) is 12.0 Å². The first kappa shape index (κ1) is 37.6. The van der Waals surface area contributed by atoms with Gasteiger partial charge in [-0.1, -0.05) is 44.2 Å². The van der Waals surface area contributed by atoms with Crippen LogP contribution in [-0.2, 0) is 36.3 Å². The first-order valence-electron chi connectivity index (χ1n) is 20.3. The third-order valence-electron chi connectivity index (χ3n) is 15.4. The molecule has 2 bridgehead atoms. The summed E-state index contributed by atoms with van der Waals surface area (Å²) in [6.07, 6.45) is 5.82. The smallest absolute Gasteiger partial charge is 0.342 e. The van der Waals surface area contributed by atoms with E-state index in [9.17, 15) is 20.1 Å². The molecule has 9 rings (SSSR count). The van der Waals surface area contributed by atoms with E-state index < -0.39 is 51.5 Å². The zero-order valence-corrected chi connectivity index (χ0v) is 33.4. The number of benzene rings is 2. The number of methoxy groups -OCH3 is 3. The fourth-order valence-corrected chi connectivity index (χ4v) is 13.2. The third-order valence-corrected chi connectivity index (χ3v) is 15.4. The summed E-state index contributed by atoms with van der Waals surface area (Å²) in [7, 11) is 6.17. The normalized spacial score (nSPS) is 38.4. The fourth-order valence-electron chi connectivity index (χ4n) is 13.2. The van der Waals surface area contributed by atoms with Crippen LogP contribution in [0.4, 0.5) is 5.69 Å². The van der Waals surface area contributed by atoms with Crippen molar-refractivity contribution in [3.63, 3.8) is 0 Å². The largest absolute Gasteiger partial charge is 0.496 e. The molecule has 6 aliphatic rings. The molecule has 3 fully saturated rings. The molecule has 2 saturated heterocycles. The molecule has 1 unspecified atom stereocenters. The Hall–Kier alpha value is -3.94. The first-order chi connectivity index (χ1) is 26.8. The van der Waals surface area contributed by atoms with Gasteiger partial charge in [-0.05, 0) is 74.2 Å². The van der Waals surface area contributed by atoms with Gasteiger partial charge in [-0.25, -0.2) is 4.79 Å². The monoisotopic (exact) mass is 768 g/mol. The van der Waals surface area contributed by atoms with Crippen LogP contribution in [0.25, 0.3) is 10.9 Å². The van der Waals surface area contributed by atoms with Gasteiger partial charge in [0, 0.05) is 84.0 Å². The van der Waals surface area contributed by atoms with Crippen LogP contribution in [0.1, 0.15) is 68.3 Å². The van der Waals surface area contributed by atoms with Crippen LogP contribution >= 0.6 is 0 Å². The Morgan fingerprint density at radius 3 is 2.45 bits per heavy atom. The van der Waals surface area contributed by atoms with E-state index in [4.69, 9.17) is 14.2 Å². The average Bonchev–Trinajstić information content (AvgIpc) is 3.87. The molecule has 4 N–H and O–H groups in total. The lowest BCUT2D eigenvalue weighted by Crippen LogP contribution is -2.80. The van der Waals surface area contributed by atoms with Gasteiger partial charge in [0.2, 0.25) is 5.60 Å². The van der Waals surface area contributed by atoms with Crippen molar-refractivity contribution >= 4 is 28.5 Å². The molecular formula is C44H56N4O8. The molecule has 0 radical (unpaired) electrons. The highest BCUT2D eigenvalue weighted by atomic mass is 16.5. The van der Waals surface area contributed by atoms with Gasteiger partial charge in [0.15, 0.2) is 0 Å². The molecule has 12 heteroatoms. The zero-order valence-electron chi connectivity index (χ0n) is 33.4. The molecule has 1 saturated carbocycles. The highest BCUT2D eigenvalue weighted by Gasteiger charge is 2.79. The standard InChI is InChI=1S/C44H56N4O8/c1-7-40(52)22-26-23-43(38(50)55-5,34-28(14-18-47(24-26)25-40)27-12-9-10-13-31(27)45-34)30-20-29-32(21-33(30)54-4)46(3)36-42(29)16-19-48-17-11-15-41(8-2,35(42)48)37(49)44(36,53)39(51)56-6/h9-13,15,20-21,26,35-37,45,49,52-53H,7-8,14,16-19,22-25H2,1-6H3/t26-,35+,36-,37-,40-,41-,42-,43-,44+/m0/s1. The number of aromatic amines is 1. The second-order valence-electron chi connectivity index (χ2n) is 17.6. The maximum absolute atomic E-state index is 15.2. The highest BCUT2D eigenvalue weighted by Crippen LogP contribution is 2.67. The van der Waals surface area contributed by atoms with Crippen LogP contribution < -0.4 is 9.64 Å². The number of aliphatic hydroxyl groups excluding tert-OH is 1. The summed E-state index contributed by atoms with van der Waals surface area (Å²) in [4.78, 5) is 39.7. The summed E-state index contributed by atoms with van der Waals surface area (Å²) in [6.45, 7) is 7.41. The highest BCUT2D eigenvalue weighted by molar-refractivity contribution is 5.95. The molecule has 5 aliphatic heterocycles. The molecule has 12 nitrogen and oxygen atoms in total. The molecule has 56 heavy (non-hydrogen) atoms. The van der Waals surface area contributed by atoms with E-state index in [1.54, 1.807) is 7.11 Å². The molecule has 1 spiro atoms. The summed E-state index contributed by atoms with van der Waals surface area (Å²) < 4.78 is 17.6. The van der Waals surface area contributed by atoms with Gasteiger partial charge >= 0.3 is 11.9 Å². The van der Waals surface area contributed by atoms with Crippen molar-refractivity contribution in [1.29, 1.82) is 0 Å². The number of rotatable bonds is 6. The number of aromatic nitrogens is 1. The maximum Gasteiger partial charge on any atom is 0.342 e. The molecule has 0 amide bonds. The molecule has 3 aromatic rings. The number of H-pyrrole nitrogens is 1. The molecule has 6 heterocycles. The van der Waals surface area contributed by atoms with E-state index in [0.717, 1.165) is 46.5 Å². The fraction of sp³-hybridized carbons (Fsp3) is 0.591. The Morgan fingerprint density at radius 1 is 0.964 bits per heavy atom. The van der Waals surface area contributed by atoms with Gasteiger partial charge in [-0.2, -0.15) is 0 Å². The van der Waals surface area contributed by atoms with Gasteiger partial charge < -0.3 is 39.4 Å². The summed E-state index contributed by atoms with van der Waals surface area (Å²) in [5.74, 6) is -0.908. The maximum atomic E-state index is 15.2. The zero-order chi connectivity index (χ0) is 39.6. The van der Waals surface area contributed by atoms with E-state index >= 15 is 4.79 Å². The molecule has 10 atom stereocenters. The number of hydrogen-bond acceptors (Lipinski definition) is 11. The number of ether oxygens (including phenoxy) is 3. The van der Waals surface area contributed by atoms with E-state index in [0.29, 0.717) is 69.5 Å². The third kappa shape index (κ3) is 4.59. The van der Waals surface area contributed by atoms with Crippen molar-refractivity contribution in [3.05, 3.63) is 70.9 Å². The van der Waals surface area contributed by atoms with Crippen molar-refractivity contribution in [2.24, 2.45) is 11.3 Å². The van der Waals surface area contributed by atoms with Gasteiger partial charge in [0.25, 0.3) is 0 Å². The van der Waals surface area contributed by atoms with E-state index in [2.05, 4.69) is 26.9 Å². The van der Waals surface area contributed by atoms with Crippen molar-refractivity contribution in [2.75, 3.05) is 66.0 Å². The Labute approximate surface area is 328 Å². The molecule has 2 aromatic carbocycles. The molecular weight excluding hydrogens is 713 g/mol. The van der Waals surface area contributed by atoms with Crippen LogP contribution in [0.3, 0.4) is 0 Å². The van der Waals surface area contributed by atoms with Crippen LogP contribution in [-0.4, -0.2) is 133 Å². The number of nitrogens with zero attached hydrogens (tertiary/aromatic N) is 3. The minimum Gasteiger partial charge on any atom is -0.496 e. The van der Waals surface area contributed by atoms with Gasteiger partial charge in [-0.3, -0.25) is 14.6 Å². The van der Waals surface area contributed by atoms with Gasteiger partial charge in [0.1, 0.15) is 17.3 Å².